The first-order chi connectivity index (χ1) is 13.7. The molecule has 0 bridgehead atoms. The van der Waals surface area contributed by atoms with Gasteiger partial charge in [-0.25, -0.2) is 4.98 Å². The van der Waals surface area contributed by atoms with E-state index >= 15 is 0 Å². The van der Waals surface area contributed by atoms with Crippen LogP contribution in [-0.4, -0.2) is 53.7 Å². The summed E-state index contributed by atoms with van der Waals surface area (Å²) in [6.45, 7) is 3.35. The maximum Gasteiger partial charge on any atom is 0.317 e. The Morgan fingerprint density at radius 3 is 2.24 bits per heavy atom. The minimum absolute atomic E-state index is 0. The van der Waals surface area contributed by atoms with Crippen molar-refractivity contribution in [3.05, 3.63) is 60.7 Å². The van der Waals surface area contributed by atoms with Gasteiger partial charge in [0.15, 0.2) is 5.13 Å². The summed E-state index contributed by atoms with van der Waals surface area (Å²) < 4.78 is 0. The van der Waals surface area contributed by atoms with Crippen molar-refractivity contribution < 1.29 is 9.90 Å². The van der Waals surface area contributed by atoms with Gasteiger partial charge in [-0.15, -0.1) is 12.4 Å². The van der Waals surface area contributed by atoms with Gasteiger partial charge in [0.2, 0.25) is 0 Å². The normalized spacial score (nSPS) is 14.8. The lowest BCUT2D eigenvalue weighted by atomic mass is 10.1. The van der Waals surface area contributed by atoms with Crippen LogP contribution >= 0.6 is 23.7 Å². The van der Waals surface area contributed by atoms with Crippen molar-refractivity contribution in [1.82, 2.24) is 9.88 Å². The molecule has 1 saturated heterocycles. The van der Waals surface area contributed by atoms with Gasteiger partial charge in [-0.1, -0.05) is 72.0 Å². The molecule has 4 rings (SSSR count). The first-order valence-electron chi connectivity index (χ1n) is 9.51. The molecule has 1 aliphatic heterocycles. The number of hydrogen-bond acceptors (Lipinski definition) is 5. The lowest BCUT2D eigenvalue weighted by molar-refractivity contribution is -0.138. The molecule has 0 amide bonds. The molecule has 0 atom stereocenters. The SMILES string of the molecule is Cl.O=C(O)CN1CCCN(c2nc(-c3ccccc3)c(-c3ccccc3)s2)CC1. The zero-order valence-corrected chi connectivity index (χ0v) is 17.7. The molecule has 1 fully saturated rings. The Morgan fingerprint density at radius 2 is 1.59 bits per heavy atom. The van der Waals surface area contributed by atoms with Gasteiger partial charge in [0.1, 0.15) is 0 Å². The van der Waals surface area contributed by atoms with E-state index in [1.54, 1.807) is 11.3 Å². The van der Waals surface area contributed by atoms with Crippen molar-refractivity contribution in [2.45, 2.75) is 6.42 Å². The van der Waals surface area contributed by atoms with Gasteiger partial charge in [0.05, 0.1) is 17.1 Å². The van der Waals surface area contributed by atoms with Crippen LogP contribution in [0.1, 0.15) is 6.42 Å². The zero-order valence-electron chi connectivity index (χ0n) is 16.0. The molecule has 2 heterocycles. The van der Waals surface area contributed by atoms with Crippen molar-refractivity contribution in [2.75, 3.05) is 37.6 Å². The number of carbonyl (C=O) groups is 1. The highest BCUT2D eigenvalue weighted by Crippen LogP contribution is 2.40. The highest BCUT2D eigenvalue weighted by molar-refractivity contribution is 7.19. The van der Waals surface area contributed by atoms with Gasteiger partial charge in [-0.2, -0.15) is 0 Å². The third-order valence-electron chi connectivity index (χ3n) is 4.92. The topological polar surface area (TPSA) is 56.7 Å². The fraction of sp³-hybridized carbons (Fsp3) is 0.273. The number of benzene rings is 2. The van der Waals surface area contributed by atoms with E-state index in [1.807, 2.05) is 29.2 Å². The molecule has 5 nitrogen and oxygen atoms in total. The standard InChI is InChI=1S/C22H23N3O2S.ClH/c26-19(27)16-24-12-7-13-25(15-14-24)22-23-20(17-8-3-1-4-9-17)21(28-22)18-10-5-2-6-11-18;/h1-6,8-11H,7,12-16H2,(H,26,27);1H. The average molecular weight is 430 g/mol. The van der Waals surface area contributed by atoms with Crippen LogP contribution in [-0.2, 0) is 4.79 Å². The molecule has 7 heteroatoms. The summed E-state index contributed by atoms with van der Waals surface area (Å²) >= 11 is 1.72. The number of nitrogens with zero attached hydrogens (tertiary/aromatic N) is 3. The molecule has 0 radical (unpaired) electrons. The van der Waals surface area contributed by atoms with Crippen molar-refractivity contribution >= 4 is 34.8 Å². The lowest BCUT2D eigenvalue weighted by Gasteiger charge is -2.20. The van der Waals surface area contributed by atoms with Crippen LogP contribution < -0.4 is 4.90 Å². The van der Waals surface area contributed by atoms with E-state index < -0.39 is 5.97 Å². The van der Waals surface area contributed by atoms with Gasteiger partial charge >= 0.3 is 5.97 Å². The van der Waals surface area contributed by atoms with Crippen LogP contribution in [0, 0.1) is 0 Å². The van der Waals surface area contributed by atoms with Crippen molar-refractivity contribution in [1.29, 1.82) is 0 Å². The second-order valence-electron chi connectivity index (χ2n) is 6.92. The molecule has 1 aliphatic rings. The molecule has 0 unspecified atom stereocenters. The van der Waals surface area contributed by atoms with E-state index in [0.717, 1.165) is 49.0 Å². The number of carboxylic acid groups (broad SMARTS) is 1. The summed E-state index contributed by atoms with van der Waals surface area (Å²) in [5.41, 5.74) is 3.30. The number of anilines is 1. The molecule has 1 N–H and O–H groups in total. The highest BCUT2D eigenvalue weighted by Gasteiger charge is 2.22. The van der Waals surface area contributed by atoms with Gasteiger partial charge in [0.25, 0.3) is 0 Å². The first-order valence-corrected chi connectivity index (χ1v) is 10.3. The van der Waals surface area contributed by atoms with Crippen LogP contribution in [0.15, 0.2) is 60.7 Å². The Hall–Kier alpha value is -2.41. The largest absolute Gasteiger partial charge is 0.480 e. The number of carboxylic acids is 1. The van der Waals surface area contributed by atoms with Gasteiger partial charge < -0.3 is 10.0 Å². The van der Waals surface area contributed by atoms with Crippen molar-refractivity contribution in [2.24, 2.45) is 0 Å². The average Bonchev–Trinajstić information content (AvgIpc) is 3.04. The third-order valence-corrected chi connectivity index (χ3v) is 6.08. The molecule has 0 saturated carbocycles. The molecule has 0 spiro atoms. The van der Waals surface area contributed by atoms with E-state index in [9.17, 15) is 4.79 Å². The highest BCUT2D eigenvalue weighted by atomic mass is 35.5. The van der Waals surface area contributed by atoms with Crippen LogP contribution in [0.5, 0.6) is 0 Å². The summed E-state index contributed by atoms with van der Waals surface area (Å²) in [5, 5.41) is 10.1. The van der Waals surface area contributed by atoms with Crippen molar-refractivity contribution in [3.63, 3.8) is 0 Å². The number of aliphatic carboxylic acids is 1. The smallest absolute Gasteiger partial charge is 0.317 e. The van der Waals surface area contributed by atoms with E-state index in [-0.39, 0.29) is 19.0 Å². The van der Waals surface area contributed by atoms with Crippen LogP contribution in [0.25, 0.3) is 21.7 Å². The molecule has 29 heavy (non-hydrogen) atoms. The Labute approximate surface area is 181 Å². The summed E-state index contributed by atoms with van der Waals surface area (Å²) in [7, 11) is 0. The molecule has 1 aromatic heterocycles. The predicted octanol–water partition coefficient (Wildman–Crippen LogP) is 4.50. The van der Waals surface area contributed by atoms with Gasteiger partial charge in [-0.05, 0) is 12.0 Å². The number of halogens is 1. The van der Waals surface area contributed by atoms with Crippen molar-refractivity contribution in [3.8, 4) is 21.7 Å². The summed E-state index contributed by atoms with van der Waals surface area (Å²) in [5.74, 6) is -0.763. The van der Waals surface area contributed by atoms with Gasteiger partial charge in [-0.3, -0.25) is 9.69 Å². The van der Waals surface area contributed by atoms with Crippen LogP contribution in [0.3, 0.4) is 0 Å². The van der Waals surface area contributed by atoms with Gasteiger partial charge in [0, 0.05) is 31.7 Å². The minimum Gasteiger partial charge on any atom is -0.480 e. The Morgan fingerprint density at radius 1 is 0.931 bits per heavy atom. The third kappa shape index (κ3) is 5.15. The predicted molar refractivity (Wildman–Crippen MR) is 121 cm³/mol. The minimum atomic E-state index is -0.763. The fourth-order valence-electron chi connectivity index (χ4n) is 3.53. The number of aromatic nitrogens is 1. The van der Waals surface area contributed by atoms with E-state index in [4.69, 9.17) is 10.1 Å². The monoisotopic (exact) mass is 429 g/mol. The number of hydrogen-bond donors (Lipinski definition) is 1. The Kier molecular flexibility index (Phi) is 7.25. The molecular weight excluding hydrogens is 406 g/mol. The van der Waals surface area contributed by atoms with Crippen LogP contribution in [0.4, 0.5) is 5.13 Å². The molecule has 2 aromatic carbocycles. The summed E-state index contributed by atoms with van der Waals surface area (Å²) in [6, 6.07) is 20.7. The number of rotatable bonds is 5. The van der Waals surface area contributed by atoms with E-state index in [0.29, 0.717) is 0 Å². The Balaban J connectivity index is 0.00000240. The van der Waals surface area contributed by atoms with E-state index in [2.05, 4.69) is 41.3 Å². The molecule has 3 aromatic rings. The quantitative estimate of drug-likeness (QED) is 0.647. The lowest BCUT2D eigenvalue weighted by Crippen LogP contribution is -2.34. The van der Waals surface area contributed by atoms with E-state index in [1.165, 1.54) is 10.4 Å². The second-order valence-corrected chi connectivity index (χ2v) is 7.89. The Bertz CT molecular complexity index is 877. The van der Waals surface area contributed by atoms with Crippen LogP contribution in [0.2, 0.25) is 0 Å². The maximum absolute atomic E-state index is 11.0. The summed E-state index contributed by atoms with van der Waals surface area (Å²) in [4.78, 5) is 21.5. The molecular formula is C22H24ClN3O2S. The second kappa shape index (κ2) is 9.87. The fourth-order valence-corrected chi connectivity index (χ4v) is 4.68. The maximum atomic E-state index is 11.0. The number of thiazole rings is 1. The first kappa shape index (κ1) is 21.3. The molecule has 152 valence electrons. The summed E-state index contributed by atoms with van der Waals surface area (Å²) in [6.07, 6.45) is 0.939. The zero-order chi connectivity index (χ0) is 19.3. The molecule has 0 aliphatic carbocycles.